The Hall–Kier alpha value is -3.55. The summed E-state index contributed by atoms with van der Waals surface area (Å²) in [5.74, 6) is 0.446. The molecule has 4 heterocycles. The maximum Gasteiger partial charge on any atom is 0.319 e. The number of amides is 1. The molecule has 1 spiro atoms. The highest BCUT2D eigenvalue weighted by molar-refractivity contribution is 5.80. The molecule has 1 amide bonds. The molecule has 8 nitrogen and oxygen atoms in total. The monoisotopic (exact) mass is 433 g/mol. The van der Waals surface area contributed by atoms with Gasteiger partial charge in [0.15, 0.2) is 0 Å². The lowest BCUT2D eigenvalue weighted by Gasteiger charge is -2.46. The van der Waals surface area contributed by atoms with E-state index in [9.17, 15) is 4.79 Å². The first-order valence-corrected chi connectivity index (χ1v) is 10.8. The molecule has 0 saturated carbocycles. The highest BCUT2D eigenvalue weighted by Crippen LogP contribution is 2.43. The summed E-state index contributed by atoms with van der Waals surface area (Å²) in [5.41, 5.74) is 4.77. The number of benzene rings is 1. The summed E-state index contributed by atoms with van der Waals surface area (Å²) in [5, 5.41) is 3.79. The van der Waals surface area contributed by atoms with Crippen molar-refractivity contribution in [1.29, 1.82) is 0 Å². The first kappa shape index (κ1) is 20.4. The highest BCUT2D eigenvalue weighted by atomic mass is 16.5. The van der Waals surface area contributed by atoms with Crippen LogP contribution in [0.5, 0.6) is 11.9 Å². The predicted octanol–water partition coefficient (Wildman–Crippen LogP) is 3.08. The van der Waals surface area contributed by atoms with Crippen molar-refractivity contribution in [3.63, 3.8) is 0 Å². The fourth-order valence-electron chi connectivity index (χ4n) is 4.88. The van der Waals surface area contributed by atoms with Crippen LogP contribution in [0.4, 0.5) is 5.69 Å². The maximum absolute atomic E-state index is 13.2. The van der Waals surface area contributed by atoms with E-state index in [-0.39, 0.29) is 23.9 Å². The topological polar surface area (TPSA) is 81.5 Å². The van der Waals surface area contributed by atoms with Crippen LogP contribution in [0.3, 0.4) is 0 Å². The van der Waals surface area contributed by atoms with Gasteiger partial charge in [0.05, 0.1) is 43.2 Å². The minimum atomic E-state index is -0.175. The van der Waals surface area contributed by atoms with Crippen molar-refractivity contribution in [1.82, 2.24) is 19.4 Å². The third-order valence-corrected chi connectivity index (χ3v) is 6.61. The second-order valence-electron chi connectivity index (χ2n) is 8.33. The molecule has 2 aromatic heterocycles. The molecule has 0 unspecified atom stereocenters. The molecule has 2 aliphatic heterocycles. The third kappa shape index (κ3) is 3.26. The van der Waals surface area contributed by atoms with Crippen LogP contribution in [0.15, 0.2) is 42.6 Å². The molecule has 0 atom stereocenters. The number of aryl methyl sites for hydroxylation is 1. The summed E-state index contributed by atoms with van der Waals surface area (Å²) >= 11 is 0. The van der Waals surface area contributed by atoms with Gasteiger partial charge in [-0.25, -0.2) is 4.98 Å². The average molecular weight is 434 g/mol. The van der Waals surface area contributed by atoms with E-state index in [1.807, 2.05) is 11.8 Å². The highest BCUT2D eigenvalue weighted by Gasteiger charge is 2.42. The Kier molecular flexibility index (Phi) is 5.00. The van der Waals surface area contributed by atoms with Crippen LogP contribution in [0, 0.1) is 6.92 Å². The van der Waals surface area contributed by atoms with E-state index in [0.717, 1.165) is 18.5 Å². The number of para-hydroxylation sites is 2. The van der Waals surface area contributed by atoms with E-state index in [1.54, 1.807) is 7.11 Å². The van der Waals surface area contributed by atoms with Gasteiger partial charge in [-0.3, -0.25) is 4.79 Å². The van der Waals surface area contributed by atoms with Crippen LogP contribution in [-0.2, 0) is 16.8 Å². The zero-order valence-electron chi connectivity index (χ0n) is 18.6. The van der Waals surface area contributed by atoms with Gasteiger partial charge in [0.2, 0.25) is 11.8 Å². The van der Waals surface area contributed by atoms with Gasteiger partial charge >= 0.3 is 6.01 Å². The fraction of sp³-hybridized carbons (Fsp3) is 0.375. The van der Waals surface area contributed by atoms with Gasteiger partial charge in [0.25, 0.3) is 0 Å². The Morgan fingerprint density at radius 2 is 1.88 bits per heavy atom. The maximum atomic E-state index is 13.2. The average Bonchev–Trinajstić information content (AvgIpc) is 3.32. The van der Waals surface area contributed by atoms with E-state index < -0.39 is 0 Å². The van der Waals surface area contributed by atoms with Gasteiger partial charge < -0.3 is 24.3 Å². The number of piperidine rings is 1. The van der Waals surface area contributed by atoms with Crippen molar-refractivity contribution >= 4 is 11.6 Å². The summed E-state index contributed by atoms with van der Waals surface area (Å²) < 4.78 is 12.8. The molecular weight excluding hydrogens is 406 g/mol. The van der Waals surface area contributed by atoms with Gasteiger partial charge in [-0.2, -0.15) is 4.98 Å². The number of aromatic nitrogens is 3. The van der Waals surface area contributed by atoms with E-state index >= 15 is 0 Å². The molecule has 166 valence electrons. The molecule has 1 saturated heterocycles. The number of likely N-dealkylation sites (tertiary alicyclic amines) is 1. The van der Waals surface area contributed by atoms with Crippen LogP contribution in [-0.4, -0.2) is 52.7 Å². The molecule has 32 heavy (non-hydrogen) atoms. The number of nitrogens with one attached hydrogen (secondary N) is 1. The first-order valence-electron chi connectivity index (χ1n) is 10.8. The number of rotatable bonds is 4. The Labute approximate surface area is 187 Å². The molecule has 0 aliphatic carbocycles. The lowest BCUT2D eigenvalue weighted by Crippen LogP contribution is -2.51. The number of hydrogen-bond donors (Lipinski definition) is 1. The fourth-order valence-corrected chi connectivity index (χ4v) is 4.88. The van der Waals surface area contributed by atoms with Gasteiger partial charge in [-0.1, -0.05) is 12.1 Å². The number of nitrogens with zero attached hydrogens (tertiary/aromatic N) is 4. The van der Waals surface area contributed by atoms with Crippen LogP contribution in [0.2, 0.25) is 0 Å². The van der Waals surface area contributed by atoms with Gasteiger partial charge in [0, 0.05) is 30.5 Å². The zero-order chi connectivity index (χ0) is 22.3. The Morgan fingerprint density at radius 3 is 2.62 bits per heavy atom. The molecule has 2 aliphatic rings. The lowest BCUT2D eigenvalue weighted by molar-refractivity contribution is -0.132. The van der Waals surface area contributed by atoms with Crippen molar-refractivity contribution in [2.75, 3.05) is 32.6 Å². The van der Waals surface area contributed by atoms with Crippen molar-refractivity contribution in [2.24, 2.45) is 0 Å². The van der Waals surface area contributed by atoms with Crippen LogP contribution < -0.4 is 14.8 Å². The second kappa shape index (κ2) is 7.85. The SMILES string of the molecule is COc1nc(C)c(CC(=O)N2CCC3(CC2)Nc2ccccc2-n2cccc23)c(OC)n1. The van der Waals surface area contributed by atoms with Gasteiger partial charge in [-0.15, -0.1) is 0 Å². The Bertz CT molecular complexity index is 1160. The summed E-state index contributed by atoms with van der Waals surface area (Å²) in [6.45, 7) is 3.20. The number of hydrogen-bond acceptors (Lipinski definition) is 6. The lowest BCUT2D eigenvalue weighted by atomic mass is 9.82. The van der Waals surface area contributed by atoms with Crippen molar-refractivity contribution in [3.8, 4) is 17.6 Å². The smallest absolute Gasteiger partial charge is 0.319 e. The molecule has 0 radical (unpaired) electrons. The van der Waals surface area contributed by atoms with E-state index in [0.29, 0.717) is 30.2 Å². The second-order valence-corrected chi connectivity index (χ2v) is 8.33. The standard InChI is InChI=1S/C24H27N5O3/c1-16-17(22(31-2)26-23(25-16)32-3)15-21(30)28-13-10-24(11-14-28)20-9-6-12-29(20)19-8-5-4-7-18(19)27-24/h4-9,12,27H,10-11,13-15H2,1-3H3. The molecule has 1 N–H and O–H groups in total. The quantitative estimate of drug-likeness (QED) is 0.681. The molecular formula is C24H27N5O3. The van der Waals surface area contributed by atoms with Gasteiger partial charge in [0.1, 0.15) is 0 Å². The number of ether oxygens (including phenoxy) is 2. The molecule has 1 fully saturated rings. The molecule has 3 aromatic rings. The summed E-state index contributed by atoms with van der Waals surface area (Å²) in [7, 11) is 3.05. The largest absolute Gasteiger partial charge is 0.481 e. The van der Waals surface area contributed by atoms with Crippen LogP contribution in [0.25, 0.3) is 5.69 Å². The minimum absolute atomic E-state index is 0.0570. The molecule has 1 aromatic carbocycles. The molecule has 0 bridgehead atoms. The number of methoxy groups -OCH3 is 2. The Balaban J connectivity index is 1.34. The van der Waals surface area contributed by atoms with E-state index in [4.69, 9.17) is 9.47 Å². The van der Waals surface area contributed by atoms with Gasteiger partial charge in [-0.05, 0) is 44.0 Å². The summed E-state index contributed by atoms with van der Waals surface area (Å²) in [6.07, 6.45) is 4.00. The number of carbonyl (C=O) groups is 1. The predicted molar refractivity (Wildman–Crippen MR) is 120 cm³/mol. The number of anilines is 1. The van der Waals surface area contributed by atoms with Crippen molar-refractivity contribution in [2.45, 2.75) is 31.7 Å². The number of fused-ring (bicyclic) bond motifs is 4. The van der Waals surface area contributed by atoms with Crippen LogP contribution >= 0.6 is 0 Å². The van der Waals surface area contributed by atoms with Crippen LogP contribution in [0.1, 0.15) is 29.8 Å². The van der Waals surface area contributed by atoms with Crippen molar-refractivity contribution in [3.05, 3.63) is 59.5 Å². The minimum Gasteiger partial charge on any atom is -0.481 e. The third-order valence-electron chi connectivity index (χ3n) is 6.61. The van der Waals surface area contributed by atoms with E-state index in [1.165, 1.54) is 18.5 Å². The Morgan fingerprint density at radius 1 is 1.09 bits per heavy atom. The summed E-state index contributed by atoms with van der Waals surface area (Å²) in [4.78, 5) is 23.6. The van der Waals surface area contributed by atoms with Crippen molar-refractivity contribution < 1.29 is 14.3 Å². The summed E-state index contributed by atoms with van der Waals surface area (Å²) in [6, 6.07) is 12.9. The molecule has 5 rings (SSSR count). The number of carbonyl (C=O) groups excluding carboxylic acids is 1. The normalized spacial score (nSPS) is 16.2. The van der Waals surface area contributed by atoms with E-state index in [2.05, 4.69) is 62.4 Å². The molecule has 8 heteroatoms. The zero-order valence-corrected chi connectivity index (χ0v) is 18.6. The first-order chi connectivity index (χ1) is 15.5.